The number of para-hydroxylation sites is 1. The maximum atomic E-state index is 13.7. The Morgan fingerprint density at radius 2 is 2.13 bits per heavy atom. The molecule has 9 heteroatoms. The molecular formula is C22H31FIN5O2. The number of halogens is 2. The van der Waals surface area contributed by atoms with E-state index in [1.54, 1.807) is 25.2 Å². The molecule has 1 fully saturated rings. The lowest BCUT2D eigenvalue weighted by Crippen LogP contribution is -2.42. The van der Waals surface area contributed by atoms with E-state index in [-0.39, 0.29) is 47.8 Å². The Morgan fingerprint density at radius 3 is 2.81 bits per heavy atom. The molecule has 2 heterocycles. The van der Waals surface area contributed by atoms with Crippen molar-refractivity contribution in [2.24, 2.45) is 4.99 Å². The van der Waals surface area contributed by atoms with Gasteiger partial charge in [0.2, 0.25) is 0 Å². The molecule has 1 aromatic carbocycles. The Morgan fingerprint density at radius 1 is 1.32 bits per heavy atom. The van der Waals surface area contributed by atoms with E-state index in [2.05, 4.69) is 38.5 Å². The molecule has 1 aliphatic rings. The fourth-order valence-corrected chi connectivity index (χ4v) is 3.18. The third-order valence-electron chi connectivity index (χ3n) is 4.78. The number of nitrogens with zero attached hydrogens (tertiary/aromatic N) is 3. The summed E-state index contributed by atoms with van der Waals surface area (Å²) in [6.07, 6.45) is 1.87. The summed E-state index contributed by atoms with van der Waals surface area (Å²) < 4.78 is 24.9. The van der Waals surface area contributed by atoms with Crippen molar-refractivity contribution in [3.63, 3.8) is 0 Å². The first-order valence-corrected chi connectivity index (χ1v) is 10.2. The van der Waals surface area contributed by atoms with Crippen molar-refractivity contribution >= 4 is 35.8 Å². The number of nitrogens with one attached hydrogen (secondary N) is 2. The van der Waals surface area contributed by atoms with Crippen LogP contribution in [0.5, 0.6) is 5.75 Å². The quantitative estimate of drug-likeness (QED) is 0.318. The second-order valence-electron chi connectivity index (χ2n) is 7.32. The molecule has 2 N–H and O–H groups in total. The molecular weight excluding hydrogens is 512 g/mol. The normalized spacial score (nSPS) is 17.5. The van der Waals surface area contributed by atoms with Gasteiger partial charge in [0.05, 0.1) is 19.3 Å². The first kappa shape index (κ1) is 25.1. The van der Waals surface area contributed by atoms with Gasteiger partial charge < -0.3 is 25.0 Å². The third-order valence-corrected chi connectivity index (χ3v) is 4.78. The summed E-state index contributed by atoms with van der Waals surface area (Å²) in [5, 5.41) is 6.45. The molecule has 2 aromatic rings. The summed E-state index contributed by atoms with van der Waals surface area (Å²) in [5.41, 5.74) is 1.05. The summed E-state index contributed by atoms with van der Waals surface area (Å²) in [7, 11) is 1.71. The number of aromatic nitrogens is 1. The average Bonchev–Trinajstić information content (AvgIpc) is 2.76. The van der Waals surface area contributed by atoms with Gasteiger partial charge in [-0.2, -0.15) is 0 Å². The fourth-order valence-electron chi connectivity index (χ4n) is 3.18. The molecule has 170 valence electrons. The first-order valence-electron chi connectivity index (χ1n) is 10.2. The zero-order valence-corrected chi connectivity index (χ0v) is 20.5. The van der Waals surface area contributed by atoms with E-state index in [0.717, 1.165) is 31.1 Å². The van der Waals surface area contributed by atoms with Crippen molar-refractivity contribution in [1.29, 1.82) is 0 Å². The van der Waals surface area contributed by atoms with Crippen LogP contribution in [0.4, 0.5) is 10.2 Å². The van der Waals surface area contributed by atoms with Crippen LogP contribution in [-0.2, 0) is 11.3 Å². The summed E-state index contributed by atoms with van der Waals surface area (Å²) >= 11 is 0. The minimum atomic E-state index is -0.366. The van der Waals surface area contributed by atoms with Gasteiger partial charge in [0.25, 0.3) is 0 Å². The van der Waals surface area contributed by atoms with Gasteiger partial charge in [-0.3, -0.25) is 4.99 Å². The standard InChI is InChI=1S/C22H30FN5O2.HI/c1-16(30-20-7-5-4-6-19(20)23)12-26-22(24-3)27-14-18-8-9-21(25-13-18)28-10-11-29-17(2)15-28;/h4-9,13,16-17H,10-12,14-15H2,1-3H3,(H2,24,26,27);1H. The molecule has 0 bridgehead atoms. The second kappa shape index (κ2) is 12.7. The lowest BCUT2D eigenvalue weighted by molar-refractivity contribution is 0.0529. The number of aliphatic imine (C=N–C) groups is 1. The number of hydrogen-bond donors (Lipinski definition) is 2. The van der Waals surface area contributed by atoms with E-state index in [9.17, 15) is 4.39 Å². The molecule has 7 nitrogen and oxygen atoms in total. The van der Waals surface area contributed by atoms with Gasteiger partial charge in [0.15, 0.2) is 17.5 Å². The van der Waals surface area contributed by atoms with Crippen LogP contribution in [0.2, 0.25) is 0 Å². The van der Waals surface area contributed by atoms with Crippen molar-refractivity contribution in [1.82, 2.24) is 15.6 Å². The number of benzene rings is 1. The number of guanidine groups is 1. The Bertz CT molecular complexity index is 837. The number of ether oxygens (including phenoxy) is 2. The predicted octanol–water partition coefficient (Wildman–Crippen LogP) is 3.20. The second-order valence-corrected chi connectivity index (χ2v) is 7.32. The highest BCUT2D eigenvalue weighted by molar-refractivity contribution is 14.0. The first-order chi connectivity index (χ1) is 14.5. The number of rotatable bonds is 7. The van der Waals surface area contributed by atoms with Crippen LogP contribution < -0.4 is 20.3 Å². The van der Waals surface area contributed by atoms with Gasteiger partial charge in [-0.15, -0.1) is 24.0 Å². The molecule has 1 aromatic heterocycles. The van der Waals surface area contributed by atoms with Gasteiger partial charge in [-0.1, -0.05) is 18.2 Å². The van der Waals surface area contributed by atoms with Crippen LogP contribution in [0.25, 0.3) is 0 Å². The summed E-state index contributed by atoms with van der Waals surface area (Å²) in [6, 6.07) is 10.5. The molecule has 31 heavy (non-hydrogen) atoms. The van der Waals surface area contributed by atoms with Gasteiger partial charge in [-0.05, 0) is 37.6 Å². The topological polar surface area (TPSA) is 71.0 Å². The Balaban J connectivity index is 0.00000341. The maximum Gasteiger partial charge on any atom is 0.191 e. The van der Waals surface area contributed by atoms with E-state index < -0.39 is 0 Å². The highest BCUT2D eigenvalue weighted by Gasteiger charge is 2.17. The predicted molar refractivity (Wildman–Crippen MR) is 132 cm³/mol. The van der Waals surface area contributed by atoms with Gasteiger partial charge >= 0.3 is 0 Å². The Hall–Kier alpha value is -2.14. The SMILES string of the molecule is CN=C(NCc1ccc(N2CCOC(C)C2)nc1)NCC(C)Oc1ccccc1F.I. The highest BCUT2D eigenvalue weighted by atomic mass is 127. The summed E-state index contributed by atoms with van der Waals surface area (Å²) in [6.45, 7) is 7.47. The zero-order valence-electron chi connectivity index (χ0n) is 18.2. The van der Waals surface area contributed by atoms with Crippen LogP contribution in [0.1, 0.15) is 19.4 Å². The smallest absolute Gasteiger partial charge is 0.191 e. The van der Waals surface area contributed by atoms with Gasteiger partial charge in [-0.25, -0.2) is 9.37 Å². The van der Waals surface area contributed by atoms with Crippen molar-refractivity contribution in [2.75, 3.05) is 38.2 Å². The summed E-state index contributed by atoms with van der Waals surface area (Å²) in [5.74, 6) is 1.49. The van der Waals surface area contributed by atoms with Crippen molar-refractivity contribution < 1.29 is 13.9 Å². The van der Waals surface area contributed by atoms with Crippen LogP contribution in [-0.4, -0.2) is 56.4 Å². The lowest BCUT2D eigenvalue weighted by Gasteiger charge is -2.32. The minimum absolute atomic E-state index is 0. The molecule has 1 aliphatic heterocycles. The average molecular weight is 543 g/mol. The fraction of sp³-hybridized carbons (Fsp3) is 0.455. The molecule has 0 radical (unpaired) electrons. The van der Waals surface area contributed by atoms with Crippen LogP contribution in [0.15, 0.2) is 47.6 Å². The van der Waals surface area contributed by atoms with E-state index in [4.69, 9.17) is 9.47 Å². The van der Waals surface area contributed by atoms with Crippen molar-refractivity contribution in [2.45, 2.75) is 32.6 Å². The molecule has 0 saturated carbocycles. The Kier molecular flexibility index (Phi) is 10.3. The van der Waals surface area contributed by atoms with Crippen molar-refractivity contribution in [3.8, 4) is 5.75 Å². The molecule has 3 rings (SSSR count). The van der Waals surface area contributed by atoms with E-state index >= 15 is 0 Å². The monoisotopic (exact) mass is 543 g/mol. The van der Waals surface area contributed by atoms with Crippen molar-refractivity contribution in [3.05, 3.63) is 54.0 Å². The third kappa shape index (κ3) is 7.80. The van der Waals surface area contributed by atoms with Crippen LogP contribution in [0.3, 0.4) is 0 Å². The minimum Gasteiger partial charge on any atom is -0.486 e. The van der Waals surface area contributed by atoms with Crippen LogP contribution in [0, 0.1) is 5.82 Å². The number of pyridine rings is 1. The number of morpholine rings is 1. The molecule has 0 aliphatic carbocycles. The van der Waals surface area contributed by atoms with E-state index in [1.807, 2.05) is 19.2 Å². The highest BCUT2D eigenvalue weighted by Crippen LogP contribution is 2.17. The molecule has 1 saturated heterocycles. The zero-order chi connectivity index (χ0) is 21.3. The van der Waals surface area contributed by atoms with Gasteiger partial charge in [0, 0.05) is 32.9 Å². The van der Waals surface area contributed by atoms with E-state index in [1.165, 1.54) is 6.07 Å². The van der Waals surface area contributed by atoms with Gasteiger partial charge in [0.1, 0.15) is 11.9 Å². The molecule has 0 amide bonds. The number of anilines is 1. The maximum absolute atomic E-state index is 13.7. The van der Waals surface area contributed by atoms with Crippen LogP contribution >= 0.6 is 24.0 Å². The molecule has 2 unspecified atom stereocenters. The molecule has 2 atom stereocenters. The molecule has 0 spiro atoms. The van der Waals surface area contributed by atoms with E-state index in [0.29, 0.717) is 19.0 Å². The largest absolute Gasteiger partial charge is 0.486 e. The number of hydrogen-bond acceptors (Lipinski definition) is 5. The summed E-state index contributed by atoms with van der Waals surface area (Å²) in [4.78, 5) is 11.0. The Labute approximate surface area is 200 Å². The lowest BCUT2D eigenvalue weighted by atomic mass is 10.2.